The van der Waals surface area contributed by atoms with Crippen molar-refractivity contribution in [1.82, 2.24) is 5.32 Å². The quantitative estimate of drug-likeness (QED) is 0.290. The Labute approximate surface area is 131 Å². The Hall–Kier alpha value is 0.110. The fourth-order valence-corrected chi connectivity index (χ4v) is 3.15. The lowest BCUT2D eigenvalue weighted by atomic mass is 10.1. The van der Waals surface area contributed by atoms with Crippen LogP contribution >= 0.6 is 7.60 Å². The smallest absolute Gasteiger partial charge is 0.324 e. The standard InChI is InChI=1S/C16H36NO3P/c1-2-17-15-13-11-9-7-5-3-4-6-8-10-12-14-16-21(18,19)20/h17H,2-16H2,1H3,(H2,18,19,20). The first-order valence-corrected chi connectivity index (χ1v) is 10.6. The van der Waals surface area contributed by atoms with Crippen LogP contribution in [0.3, 0.4) is 0 Å². The highest BCUT2D eigenvalue weighted by Gasteiger charge is 2.10. The molecule has 0 spiro atoms. The number of rotatable bonds is 16. The van der Waals surface area contributed by atoms with Crippen molar-refractivity contribution in [3.8, 4) is 0 Å². The van der Waals surface area contributed by atoms with Gasteiger partial charge in [0.1, 0.15) is 0 Å². The molecule has 0 atom stereocenters. The van der Waals surface area contributed by atoms with Gasteiger partial charge in [0, 0.05) is 6.16 Å². The third-order valence-corrected chi connectivity index (χ3v) is 4.70. The van der Waals surface area contributed by atoms with Gasteiger partial charge in [-0.15, -0.1) is 0 Å². The molecule has 0 bridgehead atoms. The summed E-state index contributed by atoms with van der Waals surface area (Å²) in [6, 6.07) is 0. The SMILES string of the molecule is CCNCCCCCCCCCCCCCCP(=O)(O)O. The molecule has 0 aromatic rings. The molecule has 0 amide bonds. The molecule has 0 aliphatic carbocycles. The third-order valence-electron chi connectivity index (χ3n) is 3.80. The molecular formula is C16H36NO3P. The van der Waals surface area contributed by atoms with Gasteiger partial charge >= 0.3 is 7.60 Å². The average Bonchev–Trinajstić information content (AvgIpc) is 2.42. The van der Waals surface area contributed by atoms with E-state index in [9.17, 15) is 4.57 Å². The van der Waals surface area contributed by atoms with Gasteiger partial charge in [0.2, 0.25) is 0 Å². The van der Waals surface area contributed by atoms with E-state index in [2.05, 4.69) is 12.2 Å². The summed E-state index contributed by atoms with van der Waals surface area (Å²) in [5.41, 5.74) is 0. The maximum absolute atomic E-state index is 10.7. The summed E-state index contributed by atoms with van der Waals surface area (Å²) in [6.07, 6.45) is 14.7. The number of unbranched alkanes of at least 4 members (excludes halogenated alkanes) is 11. The Morgan fingerprint density at radius 2 is 1.10 bits per heavy atom. The zero-order valence-electron chi connectivity index (χ0n) is 13.9. The zero-order chi connectivity index (χ0) is 15.8. The van der Waals surface area contributed by atoms with Crippen LogP contribution in [0, 0.1) is 0 Å². The highest BCUT2D eigenvalue weighted by molar-refractivity contribution is 7.51. The molecule has 0 aliphatic heterocycles. The van der Waals surface area contributed by atoms with Crippen LogP contribution < -0.4 is 5.32 Å². The van der Waals surface area contributed by atoms with Crippen molar-refractivity contribution >= 4 is 7.60 Å². The Kier molecular flexibility index (Phi) is 15.1. The molecule has 0 aliphatic rings. The molecule has 0 fully saturated rings. The van der Waals surface area contributed by atoms with Crippen molar-refractivity contribution in [2.45, 2.75) is 84.0 Å². The minimum atomic E-state index is -3.76. The highest BCUT2D eigenvalue weighted by Crippen LogP contribution is 2.35. The van der Waals surface area contributed by atoms with Crippen LogP contribution in [0.15, 0.2) is 0 Å². The molecule has 0 aromatic carbocycles. The largest absolute Gasteiger partial charge is 0.325 e. The lowest BCUT2D eigenvalue weighted by Gasteiger charge is -2.04. The molecule has 0 heterocycles. The van der Waals surface area contributed by atoms with Gasteiger partial charge in [0.05, 0.1) is 0 Å². The van der Waals surface area contributed by atoms with Crippen LogP contribution in [0.5, 0.6) is 0 Å². The van der Waals surface area contributed by atoms with Gasteiger partial charge in [-0.3, -0.25) is 4.57 Å². The lowest BCUT2D eigenvalue weighted by molar-refractivity contribution is 0.370. The molecule has 0 radical (unpaired) electrons. The fraction of sp³-hybridized carbons (Fsp3) is 1.00. The molecule has 0 rings (SSSR count). The Morgan fingerprint density at radius 1 is 0.714 bits per heavy atom. The summed E-state index contributed by atoms with van der Waals surface area (Å²) in [5.74, 6) is 0. The molecule has 3 N–H and O–H groups in total. The summed E-state index contributed by atoms with van der Waals surface area (Å²) in [5, 5.41) is 3.35. The number of nitrogens with one attached hydrogen (secondary N) is 1. The topological polar surface area (TPSA) is 69.6 Å². The maximum Gasteiger partial charge on any atom is 0.325 e. The first-order valence-electron chi connectivity index (χ1n) is 8.81. The van der Waals surface area contributed by atoms with E-state index in [0.29, 0.717) is 6.42 Å². The summed E-state index contributed by atoms with van der Waals surface area (Å²) in [4.78, 5) is 17.5. The van der Waals surface area contributed by atoms with Gasteiger partial charge in [-0.25, -0.2) is 0 Å². The van der Waals surface area contributed by atoms with Gasteiger partial charge in [-0.1, -0.05) is 71.1 Å². The second kappa shape index (κ2) is 15.0. The van der Waals surface area contributed by atoms with Gasteiger partial charge in [0.25, 0.3) is 0 Å². The minimum absolute atomic E-state index is 0.0563. The molecular weight excluding hydrogens is 285 g/mol. The van der Waals surface area contributed by atoms with Crippen LogP contribution in [0.1, 0.15) is 84.0 Å². The van der Waals surface area contributed by atoms with Crippen LogP contribution in [0.2, 0.25) is 0 Å². The third kappa shape index (κ3) is 20.1. The van der Waals surface area contributed by atoms with Crippen molar-refractivity contribution in [3.05, 3.63) is 0 Å². The molecule has 5 heteroatoms. The van der Waals surface area contributed by atoms with Gasteiger partial charge in [0.15, 0.2) is 0 Å². The van der Waals surface area contributed by atoms with Crippen molar-refractivity contribution < 1.29 is 14.4 Å². The van der Waals surface area contributed by atoms with Crippen LogP contribution in [0.25, 0.3) is 0 Å². The molecule has 0 unspecified atom stereocenters. The predicted molar refractivity (Wildman–Crippen MR) is 90.9 cm³/mol. The monoisotopic (exact) mass is 321 g/mol. The van der Waals surface area contributed by atoms with E-state index in [1.807, 2.05) is 0 Å². The molecule has 21 heavy (non-hydrogen) atoms. The molecule has 0 saturated carbocycles. The molecule has 128 valence electrons. The van der Waals surface area contributed by atoms with E-state index in [1.165, 1.54) is 64.3 Å². The predicted octanol–water partition coefficient (Wildman–Crippen LogP) is 4.45. The zero-order valence-corrected chi connectivity index (χ0v) is 14.8. The minimum Gasteiger partial charge on any atom is -0.324 e. The van der Waals surface area contributed by atoms with Crippen LogP contribution in [-0.2, 0) is 4.57 Å². The van der Waals surface area contributed by atoms with Crippen LogP contribution in [0.4, 0.5) is 0 Å². The van der Waals surface area contributed by atoms with E-state index >= 15 is 0 Å². The second-order valence-corrected chi connectivity index (χ2v) is 7.76. The average molecular weight is 321 g/mol. The molecule has 4 nitrogen and oxygen atoms in total. The van der Waals surface area contributed by atoms with Crippen molar-refractivity contribution in [1.29, 1.82) is 0 Å². The second-order valence-electron chi connectivity index (χ2n) is 5.98. The van der Waals surface area contributed by atoms with Gasteiger partial charge in [-0.2, -0.15) is 0 Å². The summed E-state index contributed by atoms with van der Waals surface area (Å²) in [7, 11) is -3.76. The van der Waals surface area contributed by atoms with Crippen molar-refractivity contribution in [2.24, 2.45) is 0 Å². The lowest BCUT2D eigenvalue weighted by Crippen LogP contribution is -2.13. The van der Waals surface area contributed by atoms with E-state index in [4.69, 9.17) is 9.79 Å². The van der Waals surface area contributed by atoms with E-state index < -0.39 is 7.60 Å². The Bertz CT molecular complexity index is 256. The molecule has 0 aromatic heterocycles. The van der Waals surface area contributed by atoms with Crippen molar-refractivity contribution in [3.63, 3.8) is 0 Å². The van der Waals surface area contributed by atoms with E-state index in [-0.39, 0.29) is 6.16 Å². The Morgan fingerprint density at radius 3 is 1.48 bits per heavy atom. The summed E-state index contributed by atoms with van der Waals surface area (Å²) >= 11 is 0. The maximum atomic E-state index is 10.7. The van der Waals surface area contributed by atoms with Gasteiger partial charge < -0.3 is 15.1 Å². The summed E-state index contributed by atoms with van der Waals surface area (Å²) < 4.78 is 10.7. The number of hydrogen-bond donors (Lipinski definition) is 3. The van der Waals surface area contributed by atoms with Crippen LogP contribution in [-0.4, -0.2) is 29.0 Å². The van der Waals surface area contributed by atoms with E-state index in [0.717, 1.165) is 19.4 Å². The first-order chi connectivity index (χ1) is 10.1. The van der Waals surface area contributed by atoms with E-state index in [1.54, 1.807) is 0 Å². The highest BCUT2D eigenvalue weighted by atomic mass is 31.2. The molecule has 0 saturated heterocycles. The van der Waals surface area contributed by atoms with Gasteiger partial charge in [-0.05, 0) is 25.9 Å². The normalized spacial score (nSPS) is 12.0. The Balaban J connectivity index is 3.01. The summed E-state index contributed by atoms with van der Waals surface area (Å²) in [6.45, 7) is 4.40. The number of hydrogen-bond acceptors (Lipinski definition) is 2. The first kappa shape index (κ1) is 21.1. The fourth-order valence-electron chi connectivity index (χ4n) is 2.51. The van der Waals surface area contributed by atoms with Crippen molar-refractivity contribution in [2.75, 3.05) is 19.3 Å².